The summed E-state index contributed by atoms with van der Waals surface area (Å²) in [5.41, 5.74) is -0.414. The zero-order valence-electron chi connectivity index (χ0n) is 11.7. The predicted octanol–water partition coefficient (Wildman–Crippen LogP) is 1.68. The Bertz CT molecular complexity index is 652. The van der Waals surface area contributed by atoms with Gasteiger partial charge in [0.25, 0.3) is 5.56 Å². The SMILES string of the molecule is CC(CNc1nccn(CC(=O)O)c1=O)Cc1cccs1. The second-order valence-electron chi connectivity index (χ2n) is 4.87. The molecule has 1 atom stereocenters. The average molecular weight is 307 g/mol. The molecule has 0 spiro atoms. The van der Waals surface area contributed by atoms with Crippen LogP contribution >= 0.6 is 11.3 Å². The second kappa shape index (κ2) is 7.03. The van der Waals surface area contributed by atoms with Gasteiger partial charge in [-0.15, -0.1) is 11.3 Å². The van der Waals surface area contributed by atoms with Gasteiger partial charge in [-0.3, -0.25) is 14.2 Å². The number of thiophene rings is 1. The molecule has 0 saturated carbocycles. The van der Waals surface area contributed by atoms with E-state index in [0.29, 0.717) is 12.5 Å². The maximum absolute atomic E-state index is 12.0. The van der Waals surface area contributed by atoms with E-state index in [-0.39, 0.29) is 12.4 Å². The molecule has 2 rings (SSSR count). The van der Waals surface area contributed by atoms with Crippen molar-refractivity contribution in [2.75, 3.05) is 11.9 Å². The highest BCUT2D eigenvalue weighted by Crippen LogP contribution is 2.14. The summed E-state index contributed by atoms with van der Waals surface area (Å²) in [6, 6.07) is 4.10. The van der Waals surface area contributed by atoms with Crippen molar-refractivity contribution in [3.8, 4) is 0 Å². The molecule has 0 bridgehead atoms. The molecular weight excluding hydrogens is 290 g/mol. The number of nitrogens with zero attached hydrogens (tertiary/aromatic N) is 2. The number of rotatable bonds is 7. The molecule has 1 unspecified atom stereocenters. The lowest BCUT2D eigenvalue weighted by molar-refractivity contribution is -0.137. The van der Waals surface area contributed by atoms with Crippen molar-refractivity contribution in [1.29, 1.82) is 0 Å². The van der Waals surface area contributed by atoms with Crippen molar-refractivity contribution in [3.05, 3.63) is 45.1 Å². The first kappa shape index (κ1) is 15.2. The molecule has 0 saturated heterocycles. The third kappa shape index (κ3) is 4.42. The largest absolute Gasteiger partial charge is 0.480 e. The summed E-state index contributed by atoms with van der Waals surface area (Å²) in [6.45, 7) is 2.34. The van der Waals surface area contributed by atoms with Gasteiger partial charge in [-0.25, -0.2) is 4.98 Å². The minimum Gasteiger partial charge on any atom is -0.480 e. The second-order valence-corrected chi connectivity index (χ2v) is 5.90. The van der Waals surface area contributed by atoms with Gasteiger partial charge in [0.2, 0.25) is 0 Å². The number of hydrogen-bond acceptors (Lipinski definition) is 5. The number of aliphatic carboxylic acids is 1. The van der Waals surface area contributed by atoms with Gasteiger partial charge in [-0.05, 0) is 23.8 Å². The third-order valence-corrected chi connectivity index (χ3v) is 3.87. The van der Waals surface area contributed by atoms with Crippen LogP contribution in [0.25, 0.3) is 0 Å². The van der Waals surface area contributed by atoms with E-state index in [0.717, 1.165) is 11.0 Å². The van der Waals surface area contributed by atoms with Crippen LogP contribution in [0.2, 0.25) is 0 Å². The third-order valence-electron chi connectivity index (χ3n) is 2.97. The smallest absolute Gasteiger partial charge is 0.323 e. The molecule has 0 aromatic carbocycles. The van der Waals surface area contributed by atoms with Crippen LogP contribution in [0.3, 0.4) is 0 Å². The predicted molar refractivity (Wildman–Crippen MR) is 81.8 cm³/mol. The van der Waals surface area contributed by atoms with E-state index in [1.165, 1.54) is 17.3 Å². The number of aromatic nitrogens is 2. The van der Waals surface area contributed by atoms with Crippen LogP contribution in [-0.4, -0.2) is 27.2 Å². The molecule has 7 heteroatoms. The van der Waals surface area contributed by atoms with E-state index in [1.54, 1.807) is 11.3 Å². The quantitative estimate of drug-likeness (QED) is 0.813. The highest BCUT2D eigenvalue weighted by Gasteiger charge is 2.09. The van der Waals surface area contributed by atoms with Crippen molar-refractivity contribution < 1.29 is 9.90 Å². The van der Waals surface area contributed by atoms with Crippen LogP contribution in [0.5, 0.6) is 0 Å². The average Bonchev–Trinajstić information content (AvgIpc) is 2.92. The summed E-state index contributed by atoms with van der Waals surface area (Å²) >= 11 is 1.71. The van der Waals surface area contributed by atoms with Gasteiger partial charge in [0.15, 0.2) is 5.82 Å². The van der Waals surface area contributed by atoms with E-state index in [2.05, 4.69) is 23.3 Å². The molecule has 2 N–H and O–H groups in total. The van der Waals surface area contributed by atoms with Crippen LogP contribution in [-0.2, 0) is 17.8 Å². The van der Waals surface area contributed by atoms with Crippen molar-refractivity contribution in [2.45, 2.75) is 19.9 Å². The van der Waals surface area contributed by atoms with E-state index < -0.39 is 11.5 Å². The topological polar surface area (TPSA) is 84.2 Å². The molecule has 21 heavy (non-hydrogen) atoms. The first-order chi connectivity index (χ1) is 10.1. The van der Waals surface area contributed by atoms with Crippen LogP contribution in [0.15, 0.2) is 34.7 Å². The lowest BCUT2D eigenvalue weighted by Gasteiger charge is -2.12. The Kier molecular flexibility index (Phi) is 5.10. The minimum atomic E-state index is -1.06. The Morgan fingerprint density at radius 3 is 3.05 bits per heavy atom. The summed E-state index contributed by atoms with van der Waals surface area (Å²) in [4.78, 5) is 28.0. The Labute approximate surface area is 126 Å². The van der Waals surface area contributed by atoms with Crippen LogP contribution < -0.4 is 10.9 Å². The van der Waals surface area contributed by atoms with Gasteiger partial charge < -0.3 is 10.4 Å². The monoisotopic (exact) mass is 307 g/mol. The zero-order chi connectivity index (χ0) is 15.2. The maximum Gasteiger partial charge on any atom is 0.323 e. The molecule has 0 aliphatic rings. The summed E-state index contributed by atoms with van der Waals surface area (Å²) in [7, 11) is 0. The van der Waals surface area contributed by atoms with Crippen molar-refractivity contribution >= 4 is 23.1 Å². The number of nitrogens with one attached hydrogen (secondary N) is 1. The fourth-order valence-electron chi connectivity index (χ4n) is 1.95. The normalized spacial score (nSPS) is 12.0. The minimum absolute atomic E-state index is 0.191. The molecule has 112 valence electrons. The summed E-state index contributed by atoms with van der Waals surface area (Å²) in [5, 5.41) is 13.8. The van der Waals surface area contributed by atoms with Gasteiger partial charge in [0, 0.05) is 23.8 Å². The molecule has 2 aromatic rings. The van der Waals surface area contributed by atoms with E-state index in [1.807, 2.05) is 11.4 Å². The Morgan fingerprint density at radius 1 is 1.57 bits per heavy atom. The van der Waals surface area contributed by atoms with Crippen LogP contribution in [0.1, 0.15) is 11.8 Å². The molecule has 2 aromatic heterocycles. The van der Waals surface area contributed by atoms with Crippen molar-refractivity contribution in [3.63, 3.8) is 0 Å². The van der Waals surface area contributed by atoms with Gasteiger partial charge >= 0.3 is 5.97 Å². The number of anilines is 1. The summed E-state index contributed by atoms with van der Waals surface area (Å²) < 4.78 is 1.13. The Morgan fingerprint density at radius 2 is 2.38 bits per heavy atom. The van der Waals surface area contributed by atoms with Gasteiger partial charge in [0.1, 0.15) is 6.54 Å². The fourth-order valence-corrected chi connectivity index (χ4v) is 2.82. The fraction of sp³-hybridized carbons (Fsp3) is 0.357. The summed E-state index contributed by atoms with van der Waals surface area (Å²) in [6.07, 6.45) is 3.73. The van der Waals surface area contributed by atoms with Gasteiger partial charge in [0.05, 0.1) is 0 Å². The molecule has 6 nitrogen and oxygen atoms in total. The highest BCUT2D eigenvalue weighted by molar-refractivity contribution is 7.09. The number of carboxylic acids is 1. The summed E-state index contributed by atoms with van der Waals surface area (Å²) in [5.74, 6) is -0.518. The molecule has 0 amide bonds. The number of carboxylic acid groups (broad SMARTS) is 1. The zero-order valence-corrected chi connectivity index (χ0v) is 12.5. The van der Waals surface area contributed by atoms with E-state index in [4.69, 9.17) is 5.11 Å². The molecule has 0 aliphatic carbocycles. The number of carbonyl (C=O) groups is 1. The first-order valence-electron chi connectivity index (χ1n) is 6.59. The number of hydrogen-bond donors (Lipinski definition) is 2. The van der Waals surface area contributed by atoms with Crippen LogP contribution in [0.4, 0.5) is 5.82 Å². The standard InChI is InChI=1S/C14H17N3O3S/c1-10(7-11-3-2-6-21-11)8-16-13-14(20)17(5-4-15-13)9-12(18)19/h2-6,10H,7-9H2,1H3,(H,15,16)(H,18,19). The lowest BCUT2D eigenvalue weighted by atomic mass is 10.1. The highest BCUT2D eigenvalue weighted by atomic mass is 32.1. The maximum atomic E-state index is 12.0. The molecular formula is C14H17N3O3S. The Hall–Kier alpha value is -2.15. The lowest BCUT2D eigenvalue weighted by Crippen LogP contribution is -2.28. The Balaban J connectivity index is 1.96. The van der Waals surface area contributed by atoms with Crippen molar-refractivity contribution in [2.24, 2.45) is 5.92 Å². The van der Waals surface area contributed by atoms with Gasteiger partial charge in [-0.2, -0.15) is 0 Å². The van der Waals surface area contributed by atoms with Gasteiger partial charge in [-0.1, -0.05) is 13.0 Å². The van der Waals surface area contributed by atoms with Crippen molar-refractivity contribution in [1.82, 2.24) is 9.55 Å². The molecule has 0 radical (unpaired) electrons. The first-order valence-corrected chi connectivity index (χ1v) is 7.47. The van der Waals surface area contributed by atoms with Crippen LogP contribution in [0, 0.1) is 5.92 Å². The molecule has 0 fully saturated rings. The van der Waals surface area contributed by atoms with E-state index in [9.17, 15) is 9.59 Å². The van der Waals surface area contributed by atoms with E-state index >= 15 is 0 Å². The molecule has 0 aliphatic heterocycles. The molecule has 2 heterocycles.